The Hall–Kier alpha value is -3.21. The van der Waals surface area contributed by atoms with Crippen molar-refractivity contribution in [2.75, 3.05) is 0 Å². The summed E-state index contributed by atoms with van der Waals surface area (Å²) in [6.45, 7) is 3.86. The summed E-state index contributed by atoms with van der Waals surface area (Å²) in [6.07, 6.45) is 3.84. The molecule has 3 amide bonds. The molecule has 2 atom stereocenters. The van der Waals surface area contributed by atoms with Gasteiger partial charge in [0.05, 0.1) is 17.2 Å². The maximum Gasteiger partial charge on any atom is 0.262 e. The fourth-order valence-electron chi connectivity index (χ4n) is 3.81. The van der Waals surface area contributed by atoms with Gasteiger partial charge in [-0.1, -0.05) is 54.6 Å². The van der Waals surface area contributed by atoms with Crippen LogP contribution in [0.1, 0.15) is 40.1 Å². The maximum atomic E-state index is 12.8. The van der Waals surface area contributed by atoms with Crippen molar-refractivity contribution in [2.45, 2.75) is 32.0 Å². The number of β-lactam (4-membered cyclic amide) rings is 1. The quantitative estimate of drug-likeness (QED) is 0.622. The van der Waals surface area contributed by atoms with Gasteiger partial charge in [0.2, 0.25) is 5.91 Å². The normalized spacial score (nSPS) is 22.0. The average Bonchev–Trinajstić information content (AvgIpc) is 2.91. The summed E-state index contributed by atoms with van der Waals surface area (Å²) in [5.74, 6) is -0.979. The van der Waals surface area contributed by atoms with E-state index in [1.54, 1.807) is 29.2 Å². The first-order valence-electron chi connectivity index (χ1n) is 9.03. The lowest BCUT2D eigenvalue weighted by atomic mass is 9.90. The minimum absolute atomic E-state index is 0.0191. The van der Waals surface area contributed by atoms with Crippen LogP contribution in [-0.4, -0.2) is 45.6 Å². The molecule has 0 N–H and O–H groups in total. The Kier molecular flexibility index (Phi) is 4.15. The molecule has 0 saturated carbocycles. The van der Waals surface area contributed by atoms with Crippen molar-refractivity contribution in [3.05, 3.63) is 77.4 Å². The SMILES string of the molecule is CC(C)N1C(=O)[C@@H](N2C(=O)c3ccccc3C2=O)[C@H]1/C=C/c1ccccc1. The van der Waals surface area contributed by atoms with E-state index in [2.05, 4.69) is 0 Å². The fraction of sp³-hybridized carbons (Fsp3) is 0.227. The molecule has 5 nitrogen and oxygen atoms in total. The van der Waals surface area contributed by atoms with Gasteiger partial charge in [0.25, 0.3) is 11.8 Å². The summed E-state index contributed by atoms with van der Waals surface area (Å²) >= 11 is 0. The van der Waals surface area contributed by atoms with Gasteiger partial charge in [0.15, 0.2) is 0 Å². The Morgan fingerprint density at radius 2 is 1.41 bits per heavy atom. The minimum atomic E-state index is -0.792. The van der Waals surface area contributed by atoms with Crippen molar-refractivity contribution in [3.8, 4) is 0 Å². The number of carbonyl (C=O) groups excluding carboxylic acids is 3. The Morgan fingerprint density at radius 1 is 0.852 bits per heavy atom. The molecule has 2 aromatic carbocycles. The van der Waals surface area contributed by atoms with E-state index in [1.165, 1.54) is 0 Å². The number of benzene rings is 2. The number of hydrogen-bond donors (Lipinski definition) is 0. The molecule has 27 heavy (non-hydrogen) atoms. The molecular weight excluding hydrogens is 340 g/mol. The van der Waals surface area contributed by atoms with Gasteiger partial charge in [-0.3, -0.25) is 19.3 Å². The van der Waals surface area contributed by atoms with Crippen LogP contribution in [-0.2, 0) is 4.79 Å². The second-order valence-electron chi connectivity index (χ2n) is 7.07. The fourth-order valence-corrected chi connectivity index (χ4v) is 3.81. The molecule has 0 bridgehead atoms. The van der Waals surface area contributed by atoms with Crippen LogP contribution < -0.4 is 0 Å². The third kappa shape index (κ3) is 2.67. The molecule has 2 heterocycles. The van der Waals surface area contributed by atoms with Gasteiger partial charge >= 0.3 is 0 Å². The van der Waals surface area contributed by atoms with Crippen molar-refractivity contribution >= 4 is 23.8 Å². The van der Waals surface area contributed by atoms with Crippen LogP contribution >= 0.6 is 0 Å². The number of likely N-dealkylation sites (tertiary alicyclic amines) is 1. The van der Waals surface area contributed by atoms with Crippen molar-refractivity contribution in [1.82, 2.24) is 9.80 Å². The van der Waals surface area contributed by atoms with Crippen molar-refractivity contribution in [1.29, 1.82) is 0 Å². The van der Waals surface area contributed by atoms with E-state index in [0.717, 1.165) is 10.5 Å². The maximum absolute atomic E-state index is 12.8. The molecule has 2 aliphatic rings. The zero-order chi connectivity index (χ0) is 19.1. The van der Waals surface area contributed by atoms with Crippen LogP contribution in [0, 0.1) is 0 Å². The molecule has 0 spiro atoms. The average molecular weight is 360 g/mol. The Morgan fingerprint density at radius 3 is 1.96 bits per heavy atom. The zero-order valence-electron chi connectivity index (χ0n) is 15.2. The number of fused-ring (bicyclic) bond motifs is 1. The summed E-state index contributed by atoms with van der Waals surface area (Å²) in [6, 6.07) is 15.3. The predicted molar refractivity (Wildman–Crippen MR) is 102 cm³/mol. The van der Waals surface area contributed by atoms with E-state index in [4.69, 9.17) is 0 Å². The summed E-state index contributed by atoms with van der Waals surface area (Å²) in [4.78, 5) is 41.2. The van der Waals surface area contributed by atoms with Crippen LogP contribution in [0.2, 0.25) is 0 Å². The van der Waals surface area contributed by atoms with Crippen LogP contribution in [0.15, 0.2) is 60.7 Å². The zero-order valence-corrected chi connectivity index (χ0v) is 15.2. The lowest BCUT2D eigenvalue weighted by molar-refractivity contribution is -0.155. The van der Waals surface area contributed by atoms with Gasteiger partial charge in [-0.2, -0.15) is 0 Å². The number of nitrogens with zero attached hydrogens (tertiary/aromatic N) is 2. The van der Waals surface area contributed by atoms with Crippen LogP contribution in [0.3, 0.4) is 0 Å². The minimum Gasteiger partial charge on any atom is -0.329 e. The third-order valence-corrected chi connectivity index (χ3v) is 5.10. The highest BCUT2D eigenvalue weighted by atomic mass is 16.2. The van der Waals surface area contributed by atoms with E-state index >= 15 is 0 Å². The highest BCUT2D eigenvalue weighted by Crippen LogP contribution is 2.34. The molecule has 136 valence electrons. The summed E-state index contributed by atoms with van der Waals surface area (Å²) in [5.41, 5.74) is 1.73. The van der Waals surface area contributed by atoms with Crippen molar-refractivity contribution in [2.24, 2.45) is 0 Å². The lowest BCUT2D eigenvalue weighted by Gasteiger charge is -2.50. The molecule has 2 aromatic rings. The molecule has 0 unspecified atom stereocenters. The number of carbonyl (C=O) groups is 3. The molecular formula is C22H20N2O3. The Balaban J connectivity index is 1.67. The molecule has 0 radical (unpaired) electrons. The predicted octanol–water partition coefficient (Wildman–Crippen LogP) is 2.98. The van der Waals surface area contributed by atoms with E-state index in [9.17, 15) is 14.4 Å². The Labute approximate surface area is 157 Å². The molecule has 5 heteroatoms. The first-order valence-corrected chi connectivity index (χ1v) is 9.03. The van der Waals surface area contributed by atoms with Crippen molar-refractivity contribution in [3.63, 3.8) is 0 Å². The number of hydrogen-bond acceptors (Lipinski definition) is 3. The molecule has 1 fully saturated rings. The molecule has 0 aliphatic carbocycles. The van der Waals surface area contributed by atoms with Gasteiger partial charge in [0, 0.05) is 6.04 Å². The first kappa shape index (κ1) is 17.2. The molecule has 0 aromatic heterocycles. The van der Waals surface area contributed by atoms with Gasteiger partial charge in [-0.05, 0) is 31.5 Å². The van der Waals surface area contributed by atoms with Gasteiger partial charge in [-0.15, -0.1) is 0 Å². The monoisotopic (exact) mass is 360 g/mol. The standard InChI is InChI=1S/C22H20N2O3/c1-14(2)23-18(13-12-15-8-4-3-5-9-15)19(22(23)27)24-20(25)16-10-6-7-11-17(16)21(24)26/h3-14,18-19H,1-2H3/b13-12+/t18-,19+/m1/s1. The molecule has 1 saturated heterocycles. The van der Waals surface area contributed by atoms with E-state index < -0.39 is 17.9 Å². The smallest absolute Gasteiger partial charge is 0.262 e. The summed E-state index contributed by atoms with van der Waals surface area (Å²) in [7, 11) is 0. The Bertz CT molecular complexity index is 914. The van der Waals surface area contributed by atoms with E-state index in [1.807, 2.05) is 56.3 Å². The van der Waals surface area contributed by atoms with E-state index in [-0.39, 0.29) is 18.0 Å². The summed E-state index contributed by atoms with van der Waals surface area (Å²) < 4.78 is 0. The summed E-state index contributed by atoms with van der Waals surface area (Å²) in [5, 5.41) is 0. The van der Waals surface area contributed by atoms with Crippen LogP contribution in [0.5, 0.6) is 0 Å². The third-order valence-electron chi connectivity index (χ3n) is 5.10. The topological polar surface area (TPSA) is 57.7 Å². The lowest BCUT2D eigenvalue weighted by Crippen LogP contribution is -2.72. The number of rotatable bonds is 4. The van der Waals surface area contributed by atoms with Crippen LogP contribution in [0.4, 0.5) is 0 Å². The largest absolute Gasteiger partial charge is 0.329 e. The van der Waals surface area contributed by atoms with E-state index in [0.29, 0.717) is 11.1 Å². The highest BCUT2D eigenvalue weighted by Gasteiger charge is 2.55. The molecule has 4 rings (SSSR count). The van der Waals surface area contributed by atoms with Crippen LogP contribution in [0.25, 0.3) is 6.08 Å². The second kappa shape index (κ2) is 6.50. The number of imide groups is 1. The highest BCUT2D eigenvalue weighted by molar-refractivity contribution is 6.23. The number of amides is 3. The van der Waals surface area contributed by atoms with Gasteiger partial charge in [0.1, 0.15) is 6.04 Å². The van der Waals surface area contributed by atoms with Gasteiger partial charge in [-0.25, -0.2) is 0 Å². The second-order valence-corrected chi connectivity index (χ2v) is 7.07. The molecule has 2 aliphatic heterocycles. The first-order chi connectivity index (χ1) is 13.0. The van der Waals surface area contributed by atoms with Crippen molar-refractivity contribution < 1.29 is 14.4 Å². The van der Waals surface area contributed by atoms with Gasteiger partial charge < -0.3 is 4.90 Å².